The molecule has 1 amide bonds. The average molecular weight is 388 g/mol. The molecule has 0 aliphatic heterocycles. The molecule has 0 saturated heterocycles. The predicted octanol–water partition coefficient (Wildman–Crippen LogP) is 4.83. The van der Waals surface area contributed by atoms with Crippen molar-refractivity contribution < 1.29 is 4.79 Å². The number of rotatable bonds is 6. The number of nitriles is 1. The van der Waals surface area contributed by atoms with Gasteiger partial charge in [-0.15, -0.1) is 11.3 Å². The van der Waals surface area contributed by atoms with E-state index in [-0.39, 0.29) is 11.9 Å². The SMILES string of the molecule is C[C@H](NCCC(=O)Nc1sc2c(c1C#N)CCCC2)c1cccc(Cl)c1. The van der Waals surface area contributed by atoms with Crippen LogP contribution in [-0.4, -0.2) is 12.5 Å². The molecular weight excluding hydrogens is 366 g/mol. The van der Waals surface area contributed by atoms with Crippen molar-refractivity contribution in [1.29, 1.82) is 5.26 Å². The fourth-order valence-electron chi connectivity index (χ4n) is 3.26. The molecule has 2 N–H and O–H groups in total. The Bertz CT molecular complexity index is 840. The van der Waals surface area contributed by atoms with Gasteiger partial charge < -0.3 is 10.6 Å². The molecule has 136 valence electrons. The predicted molar refractivity (Wildman–Crippen MR) is 107 cm³/mol. The Labute approximate surface area is 163 Å². The van der Waals surface area contributed by atoms with E-state index in [1.165, 1.54) is 4.88 Å². The summed E-state index contributed by atoms with van der Waals surface area (Å²) in [6.07, 6.45) is 4.61. The molecule has 1 heterocycles. The van der Waals surface area contributed by atoms with Gasteiger partial charge in [-0.3, -0.25) is 4.79 Å². The highest BCUT2D eigenvalue weighted by Gasteiger charge is 2.21. The number of carbonyl (C=O) groups excluding carboxylic acids is 1. The van der Waals surface area contributed by atoms with Gasteiger partial charge >= 0.3 is 0 Å². The highest BCUT2D eigenvalue weighted by molar-refractivity contribution is 7.16. The minimum atomic E-state index is -0.0640. The molecule has 0 fully saturated rings. The lowest BCUT2D eigenvalue weighted by atomic mass is 9.96. The minimum absolute atomic E-state index is 0.0640. The Morgan fingerprint density at radius 3 is 2.96 bits per heavy atom. The van der Waals surface area contributed by atoms with E-state index in [1.807, 2.05) is 31.2 Å². The summed E-state index contributed by atoms with van der Waals surface area (Å²) >= 11 is 7.58. The zero-order valence-electron chi connectivity index (χ0n) is 14.8. The standard InChI is InChI=1S/C20H22ClN3OS/c1-13(14-5-4-6-15(21)11-14)23-10-9-19(25)24-20-17(12-22)16-7-2-3-8-18(16)26-20/h4-6,11,13,23H,2-3,7-10H2,1H3,(H,24,25)/t13-/m0/s1. The molecule has 26 heavy (non-hydrogen) atoms. The van der Waals surface area contributed by atoms with Crippen LogP contribution in [0.15, 0.2) is 24.3 Å². The summed E-state index contributed by atoms with van der Waals surface area (Å²) in [5, 5.41) is 17.2. The topological polar surface area (TPSA) is 64.9 Å². The van der Waals surface area contributed by atoms with Gasteiger partial charge in [0.25, 0.3) is 0 Å². The number of carbonyl (C=O) groups is 1. The van der Waals surface area contributed by atoms with Gasteiger partial charge in [0.05, 0.1) is 5.56 Å². The van der Waals surface area contributed by atoms with E-state index in [1.54, 1.807) is 11.3 Å². The third-order valence-corrected chi connectivity index (χ3v) is 6.13. The summed E-state index contributed by atoms with van der Waals surface area (Å²) in [6.45, 7) is 2.61. The van der Waals surface area contributed by atoms with Gasteiger partial charge in [0.2, 0.25) is 5.91 Å². The second kappa shape index (κ2) is 8.68. The molecule has 0 spiro atoms. The number of hydrogen-bond acceptors (Lipinski definition) is 4. The van der Waals surface area contributed by atoms with E-state index in [9.17, 15) is 10.1 Å². The lowest BCUT2D eigenvalue weighted by Crippen LogP contribution is -2.24. The highest BCUT2D eigenvalue weighted by Crippen LogP contribution is 2.37. The molecular formula is C20H22ClN3OS. The number of nitrogens with one attached hydrogen (secondary N) is 2. The fraction of sp³-hybridized carbons (Fsp3) is 0.400. The summed E-state index contributed by atoms with van der Waals surface area (Å²) in [5.41, 5.74) is 2.90. The molecule has 1 aromatic heterocycles. The molecule has 1 atom stereocenters. The maximum absolute atomic E-state index is 12.3. The molecule has 1 aliphatic rings. The van der Waals surface area contributed by atoms with E-state index >= 15 is 0 Å². The molecule has 0 saturated carbocycles. The Kier molecular flexibility index (Phi) is 6.31. The lowest BCUT2D eigenvalue weighted by molar-refractivity contribution is -0.116. The number of halogens is 1. The van der Waals surface area contributed by atoms with E-state index in [0.717, 1.165) is 36.8 Å². The van der Waals surface area contributed by atoms with Crippen molar-refractivity contribution in [3.63, 3.8) is 0 Å². The Morgan fingerprint density at radius 2 is 2.19 bits per heavy atom. The van der Waals surface area contributed by atoms with Crippen LogP contribution < -0.4 is 10.6 Å². The number of fused-ring (bicyclic) bond motifs is 1. The van der Waals surface area contributed by atoms with Crippen LogP contribution >= 0.6 is 22.9 Å². The molecule has 3 rings (SSSR count). The van der Waals surface area contributed by atoms with Crippen molar-refractivity contribution >= 4 is 33.8 Å². The van der Waals surface area contributed by atoms with Crippen LogP contribution in [0.25, 0.3) is 0 Å². The number of anilines is 1. The maximum atomic E-state index is 12.3. The maximum Gasteiger partial charge on any atom is 0.226 e. The average Bonchev–Trinajstić information content (AvgIpc) is 2.98. The van der Waals surface area contributed by atoms with E-state index < -0.39 is 0 Å². The molecule has 1 aromatic carbocycles. The summed E-state index contributed by atoms with van der Waals surface area (Å²) < 4.78 is 0. The smallest absolute Gasteiger partial charge is 0.226 e. The summed E-state index contributed by atoms with van der Waals surface area (Å²) in [7, 11) is 0. The van der Waals surface area contributed by atoms with Crippen LogP contribution in [0.5, 0.6) is 0 Å². The van der Waals surface area contributed by atoms with Crippen LogP contribution in [-0.2, 0) is 17.6 Å². The molecule has 0 unspecified atom stereocenters. The van der Waals surface area contributed by atoms with Gasteiger partial charge in [-0.1, -0.05) is 23.7 Å². The van der Waals surface area contributed by atoms with E-state index in [2.05, 4.69) is 16.7 Å². The quantitative estimate of drug-likeness (QED) is 0.745. The van der Waals surface area contributed by atoms with E-state index in [4.69, 9.17) is 11.6 Å². The number of aryl methyl sites for hydroxylation is 1. The Morgan fingerprint density at radius 1 is 1.38 bits per heavy atom. The van der Waals surface area contributed by atoms with Crippen LogP contribution in [0.1, 0.15) is 53.8 Å². The molecule has 0 radical (unpaired) electrons. The van der Waals surface area contributed by atoms with Gasteiger partial charge in [0, 0.05) is 28.9 Å². The second-order valence-electron chi connectivity index (χ2n) is 6.56. The summed E-state index contributed by atoms with van der Waals surface area (Å²) in [5.74, 6) is -0.0640. The van der Waals surface area contributed by atoms with Crippen LogP contribution in [0, 0.1) is 11.3 Å². The Hall–Kier alpha value is -1.87. The van der Waals surface area contributed by atoms with Crippen molar-refractivity contribution in [2.24, 2.45) is 0 Å². The number of thiophene rings is 1. The monoisotopic (exact) mass is 387 g/mol. The van der Waals surface area contributed by atoms with Gasteiger partial charge in [0.1, 0.15) is 11.1 Å². The van der Waals surface area contributed by atoms with Crippen molar-refractivity contribution in [2.45, 2.75) is 45.1 Å². The third kappa shape index (κ3) is 4.45. The van der Waals surface area contributed by atoms with Crippen molar-refractivity contribution in [3.05, 3.63) is 50.9 Å². The van der Waals surface area contributed by atoms with E-state index in [0.29, 0.717) is 28.6 Å². The molecule has 0 bridgehead atoms. The second-order valence-corrected chi connectivity index (χ2v) is 8.10. The fourth-order valence-corrected chi connectivity index (χ4v) is 4.71. The number of hydrogen-bond donors (Lipinski definition) is 2. The lowest BCUT2D eigenvalue weighted by Gasteiger charge is -2.14. The minimum Gasteiger partial charge on any atom is -0.317 e. The van der Waals surface area contributed by atoms with Gasteiger partial charge in [-0.25, -0.2) is 0 Å². The highest BCUT2D eigenvalue weighted by atomic mass is 35.5. The number of nitrogens with zero attached hydrogens (tertiary/aromatic N) is 1. The van der Waals surface area contributed by atoms with Crippen LogP contribution in [0.3, 0.4) is 0 Å². The normalized spacial score (nSPS) is 14.3. The summed E-state index contributed by atoms with van der Waals surface area (Å²) in [6, 6.07) is 10.1. The Balaban J connectivity index is 1.53. The first-order chi connectivity index (χ1) is 12.6. The van der Waals surface area contributed by atoms with Crippen LogP contribution in [0.2, 0.25) is 5.02 Å². The van der Waals surface area contributed by atoms with Crippen molar-refractivity contribution in [1.82, 2.24) is 5.32 Å². The third-order valence-electron chi connectivity index (χ3n) is 4.69. The zero-order chi connectivity index (χ0) is 18.5. The first kappa shape index (κ1) is 18.9. The zero-order valence-corrected chi connectivity index (χ0v) is 16.3. The number of amides is 1. The van der Waals surface area contributed by atoms with Gasteiger partial charge in [0.15, 0.2) is 0 Å². The first-order valence-corrected chi connectivity index (χ1v) is 10.1. The molecule has 4 nitrogen and oxygen atoms in total. The van der Waals surface area contributed by atoms with Crippen molar-refractivity contribution in [2.75, 3.05) is 11.9 Å². The first-order valence-electron chi connectivity index (χ1n) is 8.92. The molecule has 1 aliphatic carbocycles. The molecule has 6 heteroatoms. The summed E-state index contributed by atoms with van der Waals surface area (Å²) in [4.78, 5) is 13.6. The molecule has 2 aromatic rings. The van der Waals surface area contributed by atoms with Gasteiger partial charge in [-0.2, -0.15) is 5.26 Å². The largest absolute Gasteiger partial charge is 0.317 e. The van der Waals surface area contributed by atoms with Crippen molar-refractivity contribution in [3.8, 4) is 6.07 Å². The van der Waals surface area contributed by atoms with Crippen LogP contribution in [0.4, 0.5) is 5.00 Å². The number of benzene rings is 1. The van der Waals surface area contributed by atoms with Gasteiger partial charge in [-0.05, 0) is 55.9 Å².